The van der Waals surface area contributed by atoms with E-state index in [9.17, 15) is 19.3 Å². The monoisotopic (exact) mass is 348 g/mol. The largest absolute Gasteiger partial charge is 0.490 e. The molecule has 0 saturated carbocycles. The number of hydrogen-bond acceptors (Lipinski definition) is 6. The number of esters is 1. The van der Waals surface area contributed by atoms with Crippen LogP contribution in [0.25, 0.3) is 0 Å². The van der Waals surface area contributed by atoms with Gasteiger partial charge in [0.1, 0.15) is 30.5 Å². The lowest BCUT2D eigenvalue weighted by atomic mass is 10.1. The standard InChI is InChI=1S/C17H17FN2O5/c1-19(2)15-8-3-12(11-16(15)20(22)23)17(21)25-10-9-24-14-6-4-13(18)5-7-14/h3-8,11H,9-10H2,1-2H3. The summed E-state index contributed by atoms with van der Waals surface area (Å²) < 4.78 is 23.1. The van der Waals surface area contributed by atoms with Crippen LogP contribution in [0.5, 0.6) is 5.75 Å². The summed E-state index contributed by atoms with van der Waals surface area (Å²) in [5, 5.41) is 11.1. The summed E-state index contributed by atoms with van der Waals surface area (Å²) in [5.74, 6) is -0.610. The maximum Gasteiger partial charge on any atom is 0.338 e. The van der Waals surface area contributed by atoms with E-state index >= 15 is 0 Å². The van der Waals surface area contributed by atoms with Gasteiger partial charge in [-0.2, -0.15) is 0 Å². The first-order chi connectivity index (χ1) is 11.9. The molecule has 0 aromatic heterocycles. The summed E-state index contributed by atoms with van der Waals surface area (Å²) in [6.07, 6.45) is 0. The number of ether oxygens (including phenoxy) is 2. The van der Waals surface area contributed by atoms with E-state index < -0.39 is 10.9 Å². The normalized spacial score (nSPS) is 10.2. The Hall–Kier alpha value is -3.16. The predicted octanol–water partition coefficient (Wildman–Crippen LogP) is 3.04. The molecular formula is C17H17FN2O5. The van der Waals surface area contributed by atoms with Gasteiger partial charge in [-0.05, 0) is 36.4 Å². The lowest BCUT2D eigenvalue weighted by molar-refractivity contribution is -0.384. The van der Waals surface area contributed by atoms with Crippen molar-refractivity contribution in [3.05, 3.63) is 64.0 Å². The highest BCUT2D eigenvalue weighted by molar-refractivity contribution is 5.91. The Morgan fingerprint density at radius 1 is 1.16 bits per heavy atom. The van der Waals surface area contributed by atoms with Crippen molar-refractivity contribution in [3.8, 4) is 5.75 Å². The molecule has 0 bridgehead atoms. The van der Waals surface area contributed by atoms with Crippen molar-refractivity contribution in [2.45, 2.75) is 0 Å². The number of carbonyl (C=O) groups excluding carboxylic acids is 1. The van der Waals surface area contributed by atoms with Gasteiger partial charge in [-0.1, -0.05) is 0 Å². The number of nitrogens with zero attached hydrogens (tertiary/aromatic N) is 2. The molecule has 8 heteroatoms. The molecule has 0 aliphatic rings. The Labute approximate surface area is 143 Å². The Morgan fingerprint density at radius 2 is 1.84 bits per heavy atom. The lowest BCUT2D eigenvalue weighted by Gasteiger charge is -2.13. The zero-order chi connectivity index (χ0) is 18.4. The molecule has 132 valence electrons. The van der Waals surface area contributed by atoms with Gasteiger partial charge < -0.3 is 14.4 Å². The molecule has 0 saturated heterocycles. The molecule has 0 heterocycles. The fourth-order valence-electron chi connectivity index (χ4n) is 2.08. The van der Waals surface area contributed by atoms with E-state index in [0.717, 1.165) is 0 Å². The zero-order valence-corrected chi connectivity index (χ0v) is 13.8. The molecule has 0 unspecified atom stereocenters. The highest BCUT2D eigenvalue weighted by atomic mass is 19.1. The first kappa shape index (κ1) is 18.2. The lowest BCUT2D eigenvalue weighted by Crippen LogP contribution is -2.14. The molecule has 0 spiro atoms. The Bertz CT molecular complexity index is 762. The van der Waals surface area contributed by atoms with Gasteiger partial charge in [0.05, 0.1) is 10.5 Å². The number of nitro benzene ring substituents is 1. The molecular weight excluding hydrogens is 331 g/mol. The predicted molar refractivity (Wildman–Crippen MR) is 89.6 cm³/mol. The van der Waals surface area contributed by atoms with Crippen LogP contribution in [0, 0.1) is 15.9 Å². The quantitative estimate of drug-likeness (QED) is 0.331. The molecule has 2 aromatic rings. The van der Waals surface area contributed by atoms with Crippen LogP contribution in [-0.4, -0.2) is 38.2 Å². The van der Waals surface area contributed by atoms with Gasteiger partial charge in [-0.15, -0.1) is 0 Å². The summed E-state index contributed by atoms with van der Waals surface area (Å²) in [4.78, 5) is 24.2. The van der Waals surface area contributed by atoms with E-state index in [4.69, 9.17) is 9.47 Å². The van der Waals surface area contributed by atoms with Crippen molar-refractivity contribution in [2.24, 2.45) is 0 Å². The fraction of sp³-hybridized carbons (Fsp3) is 0.235. The molecule has 0 aliphatic heterocycles. The van der Waals surface area contributed by atoms with Crippen LogP contribution in [0.1, 0.15) is 10.4 Å². The number of benzene rings is 2. The Balaban J connectivity index is 1.93. The minimum atomic E-state index is -0.684. The molecule has 25 heavy (non-hydrogen) atoms. The average molecular weight is 348 g/mol. The molecule has 0 fully saturated rings. The van der Waals surface area contributed by atoms with E-state index in [1.165, 1.54) is 42.5 Å². The van der Waals surface area contributed by atoms with Gasteiger partial charge >= 0.3 is 5.97 Å². The van der Waals surface area contributed by atoms with Crippen LogP contribution in [0.3, 0.4) is 0 Å². The highest BCUT2D eigenvalue weighted by Crippen LogP contribution is 2.27. The number of rotatable bonds is 7. The summed E-state index contributed by atoms with van der Waals surface area (Å²) in [6.45, 7) is 0.0364. The van der Waals surface area contributed by atoms with E-state index in [-0.39, 0.29) is 30.3 Å². The number of halogens is 1. The van der Waals surface area contributed by atoms with Crippen LogP contribution in [0.2, 0.25) is 0 Å². The molecule has 0 amide bonds. The zero-order valence-electron chi connectivity index (χ0n) is 13.8. The average Bonchev–Trinajstić information content (AvgIpc) is 2.59. The second-order valence-corrected chi connectivity index (χ2v) is 5.29. The van der Waals surface area contributed by atoms with Crippen molar-refractivity contribution in [1.29, 1.82) is 0 Å². The van der Waals surface area contributed by atoms with Gasteiger partial charge in [-0.25, -0.2) is 9.18 Å². The minimum absolute atomic E-state index is 0.0422. The van der Waals surface area contributed by atoms with Gasteiger partial charge in [-0.3, -0.25) is 10.1 Å². The van der Waals surface area contributed by atoms with Crippen LogP contribution < -0.4 is 9.64 Å². The van der Waals surface area contributed by atoms with Crippen LogP contribution in [-0.2, 0) is 4.74 Å². The van der Waals surface area contributed by atoms with Gasteiger partial charge in [0.2, 0.25) is 0 Å². The Morgan fingerprint density at radius 3 is 2.44 bits per heavy atom. The van der Waals surface area contributed by atoms with Crippen LogP contribution in [0.4, 0.5) is 15.8 Å². The maximum atomic E-state index is 12.8. The third kappa shape index (κ3) is 4.90. The molecule has 2 aromatic carbocycles. The molecule has 2 rings (SSSR count). The third-order valence-electron chi connectivity index (χ3n) is 3.29. The van der Waals surface area contributed by atoms with Gasteiger partial charge in [0.25, 0.3) is 5.69 Å². The number of nitro groups is 1. The second-order valence-electron chi connectivity index (χ2n) is 5.29. The second kappa shape index (κ2) is 8.09. The van der Waals surface area contributed by atoms with E-state index in [2.05, 4.69) is 0 Å². The molecule has 0 N–H and O–H groups in total. The topological polar surface area (TPSA) is 81.9 Å². The molecule has 0 aliphatic carbocycles. The van der Waals surface area contributed by atoms with E-state index in [1.807, 2.05) is 0 Å². The summed E-state index contributed by atoms with van der Waals surface area (Å²) in [6, 6.07) is 9.56. The maximum absolute atomic E-state index is 12.8. The first-order valence-corrected chi connectivity index (χ1v) is 7.39. The van der Waals surface area contributed by atoms with Crippen molar-refractivity contribution < 1.29 is 23.6 Å². The SMILES string of the molecule is CN(C)c1ccc(C(=O)OCCOc2ccc(F)cc2)cc1[N+](=O)[O-]. The van der Waals surface area contributed by atoms with Crippen LogP contribution in [0.15, 0.2) is 42.5 Å². The van der Waals surface area contributed by atoms with Crippen LogP contribution >= 0.6 is 0 Å². The third-order valence-corrected chi connectivity index (χ3v) is 3.29. The highest BCUT2D eigenvalue weighted by Gasteiger charge is 2.19. The summed E-state index contributed by atoms with van der Waals surface area (Å²) >= 11 is 0. The number of hydrogen-bond donors (Lipinski definition) is 0. The van der Waals surface area contributed by atoms with Gasteiger partial charge in [0.15, 0.2) is 0 Å². The van der Waals surface area contributed by atoms with Crippen molar-refractivity contribution in [1.82, 2.24) is 0 Å². The Kier molecular flexibility index (Phi) is 5.89. The fourth-order valence-corrected chi connectivity index (χ4v) is 2.08. The van der Waals surface area contributed by atoms with Gasteiger partial charge in [0, 0.05) is 20.2 Å². The molecule has 0 radical (unpaired) electrons. The minimum Gasteiger partial charge on any atom is -0.490 e. The van der Waals surface area contributed by atoms with Crippen molar-refractivity contribution in [3.63, 3.8) is 0 Å². The van der Waals surface area contributed by atoms with E-state index in [0.29, 0.717) is 11.4 Å². The number of carbonyl (C=O) groups is 1. The van der Waals surface area contributed by atoms with Crippen molar-refractivity contribution >= 4 is 17.3 Å². The first-order valence-electron chi connectivity index (χ1n) is 7.39. The van der Waals surface area contributed by atoms with Crippen molar-refractivity contribution in [2.75, 3.05) is 32.2 Å². The number of anilines is 1. The molecule has 7 nitrogen and oxygen atoms in total. The summed E-state index contributed by atoms with van der Waals surface area (Å²) in [7, 11) is 3.35. The molecule has 0 atom stereocenters. The smallest absolute Gasteiger partial charge is 0.338 e. The van der Waals surface area contributed by atoms with E-state index in [1.54, 1.807) is 19.0 Å². The summed E-state index contributed by atoms with van der Waals surface area (Å²) in [5.41, 5.74) is 0.294.